The number of carbonyl (C=O) groups excluding carboxylic acids is 1. The Morgan fingerprint density at radius 2 is 2.19 bits per heavy atom. The summed E-state index contributed by atoms with van der Waals surface area (Å²) in [7, 11) is 0. The van der Waals surface area contributed by atoms with E-state index in [0.717, 1.165) is 11.3 Å². The number of nitrogens with two attached hydrogens (primary N) is 1. The summed E-state index contributed by atoms with van der Waals surface area (Å²) in [6.07, 6.45) is 0.911. The molecule has 0 bridgehead atoms. The van der Waals surface area contributed by atoms with Crippen LogP contribution in [0.25, 0.3) is 0 Å². The van der Waals surface area contributed by atoms with Crippen LogP contribution in [-0.2, 0) is 0 Å². The summed E-state index contributed by atoms with van der Waals surface area (Å²) in [6.45, 7) is 4.52. The maximum atomic E-state index is 12.1. The summed E-state index contributed by atoms with van der Waals surface area (Å²) in [6, 6.07) is 6.87. The molecule has 112 valence electrons. The number of thiophene rings is 1. The Balaban J connectivity index is 2.09. The summed E-state index contributed by atoms with van der Waals surface area (Å²) < 4.78 is 5.49. The summed E-state index contributed by atoms with van der Waals surface area (Å²) >= 11 is 7.50. The van der Waals surface area contributed by atoms with E-state index in [0.29, 0.717) is 33.6 Å². The molecular formula is C15H17ClN2O2S. The van der Waals surface area contributed by atoms with Crippen molar-refractivity contribution in [2.45, 2.75) is 20.3 Å². The first-order valence-corrected chi connectivity index (χ1v) is 7.80. The quantitative estimate of drug-likeness (QED) is 0.860. The number of hydrogen-bond acceptors (Lipinski definition) is 4. The fourth-order valence-electron chi connectivity index (χ4n) is 1.71. The standard InChI is InChI=1S/C15H17ClN2O2S/c1-3-6-20-13-5-4-10(7-11(13)16)18-15(19)14-8-12(17)9(2)21-14/h4-5,7-8H,3,6,17H2,1-2H3,(H,18,19). The van der Waals surface area contributed by atoms with Crippen LogP contribution in [0.2, 0.25) is 5.02 Å². The first-order chi connectivity index (χ1) is 10.0. The van der Waals surface area contributed by atoms with E-state index in [2.05, 4.69) is 5.32 Å². The second-order valence-corrected chi connectivity index (χ2v) is 6.23. The first-order valence-electron chi connectivity index (χ1n) is 6.61. The highest BCUT2D eigenvalue weighted by Gasteiger charge is 2.12. The normalized spacial score (nSPS) is 10.4. The summed E-state index contributed by atoms with van der Waals surface area (Å²) in [5, 5.41) is 3.27. The van der Waals surface area contributed by atoms with Crippen molar-refractivity contribution in [2.75, 3.05) is 17.7 Å². The number of hydrogen-bond donors (Lipinski definition) is 2. The lowest BCUT2D eigenvalue weighted by Crippen LogP contribution is -2.10. The van der Waals surface area contributed by atoms with Crippen molar-refractivity contribution in [2.24, 2.45) is 0 Å². The summed E-state index contributed by atoms with van der Waals surface area (Å²) in [5.41, 5.74) is 7.01. The highest BCUT2D eigenvalue weighted by atomic mass is 35.5. The SMILES string of the molecule is CCCOc1ccc(NC(=O)c2cc(N)c(C)s2)cc1Cl. The van der Waals surface area contributed by atoms with Gasteiger partial charge in [-0.05, 0) is 37.6 Å². The summed E-state index contributed by atoms with van der Waals surface area (Å²) in [5.74, 6) is 0.422. The molecule has 2 aromatic rings. The van der Waals surface area contributed by atoms with Crippen LogP contribution in [0.1, 0.15) is 27.9 Å². The lowest BCUT2D eigenvalue weighted by molar-refractivity contribution is 0.103. The largest absolute Gasteiger partial charge is 0.492 e. The van der Waals surface area contributed by atoms with E-state index >= 15 is 0 Å². The molecule has 1 aromatic heterocycles. The average Bonchev–Trinajstić information content (AvgIpc) is 2.78. The van der Waals surface area contributed by atoms with Gasteiger partial charge in [-0.25, -0.2) is 0 Å². The molecule has 0 spiro atoms. The molecule has 3 N–H and O–H groups in total. The maximum Gasteiger partial charge on any atom is 0.265 e. The average molecular weight is 325 g/mol. The molecule has 0 aliphatic rings. The van der Waals surface area contributed by atoms with Crippen molar-refractivity contribution < 1.29 is 9.53 Å². The second-order valence-electron chi connectivity index (χ2n) is 4.57. The smallest absolute Gasteiger partial charge is 0.265 e. The molecule has 4 nitrogen and oxygen atoms in total. The van der Waals surface area contributed by atoms with Gasteiger partial charge in [0, 0.05) is 16.3 Å². The number of rotatable bonds is 5. The molecule has 6 heteroatoms. The topological polar surface area (TPSA) is 64.3 Å². The number of anilines is 2. The number of halogens is 1. The molecule has 0 fully saturated rings. The second kappa shape index (κ2) is 6.83. The van der Waals surface area contributed by atoms with Gasteiger partial charge in [0.05, 0.1) is 16.5 Å². The number of ether oxygens (including phenoxy) is 1. The maximum absolute atomic E-state index is 12.1. The van der Waals surface area contributed by atoms with Gasteiger partial charge in [0.25, 0.3) is 5.91 Å². The lowest BCUT2D eigenvalue weighted by atomic mass is 10.3. The van der Waals surface area contributed by atoms with Crippen LogP contribution in [0.15, 0.2) is 24.3 Å². The fourth-order valence-corrected chi connectivity index (χ4v) is 2.78. The highest BCUT2D eigenvalue weighted by molar-refractivity contribution is 7.14. The zero-order valence-electron chi connectivity index (χ0n) is 11.9. The zero-order chi connectivity index (χ0) is 15.4. The van der Waals surface area contributed by atoms with Gasteiger partial charge < -0.3 is 15.8 Å². The van der Waals surface area contributed by atoms with Gasteiger partial charge in [-0.2, -0.15) is 0 Å². The van der Waals surface area contributed by atoms with E-state index in [1.54, 1.807) is 24.3 Å². The fraction of sp³-hybridized carbons (Fsp3) is 0.267. The van der Waals surface area contributed by atoms with E-state index < -0.39 is 0 Å². The van der Waals surface area contributed by atoms with E-state index in [9.17, 15) is 4.79 Å². The van der Waals surface area contributed by atoms with Crippen LogP contribution in [-0.4, -0.2) is 12.5 Å². The Hall–Kier alpha value is -1.72. The third-order valence-corrected chi connectivity index (χ3v) is 4.19. The molecule has 0 radical (unpaired) electrons. The van der Waals surface area contributed by atoms with Gasteiger partial charge in [-0.1, -0.05) is 18.5 Å². The molecule has 0 saturated heterocycles. The third-order valence-electron chi connectivity index (χ3n) is 2.83. The van der Waals surface area contributed by atoms with Crippen LogP contribution in [0, 0.1) is 6.92 Å². The molecule has 0 unspecified atom stereocenters. The van der Waals surface area contributed by atoms with E-state index in [4.69, 9.17) is 22.1 Å². The monoisotopic (exact) mass is 324 g/mol. The minimum Gasteiger partial charge on any atom is -0.492 e. The molecule has 0 saturated carbocycles. The van der Waals surface area contributed by atoms with Gasteiger partial charge in [0.15, 0.2) is 0 Å². The molecule has 0 aliphatic carbocycles. The van der Waals surface area contributed by atoms with E-state index in [-0.39, 0.29) is 5.91 Å². The van der Waals surface area contributed by atoms with Gasteiger partial charge in [0.2, 0.25) is 0 Å². The van der Waals surface area contributed by atoms with Gasteiger partial charge >= 0.3 is 0 Å². The van der Waals surface area contributed by atoms with Crippen molar-refractivity contribution in [3.05, 3.63) is 39.0 Å². The molecule has 2 rings (SSSR count). The van der Waals surface area contributed by atoms with Crippen molar-refractivity contribution in [3.63, 3.8) is 0 Å². The van der Waals surface area contributed by atoms with Crippen molar-refractivity contribution in [1.29, 1.82) is 0 Å². The number of carbonyl (C=O) groups is 1. The zero-order valence-corrected chi connectivity index (χ0v) is 13.5. The molecule has 1 heterocycles. The number of nitrogen functional groups attached to an aromatic ring is 1. The molecule has 1 amide bonds. The van der Waals surface area contributed by atoms with E-state index in [1.807, 2.05) is 13.8 Å². The van der Waals surface area contributed by atoms with Gasteiger partial charge in [-0.3, -0.25) is 4.79 Å². The Bertz CT molecular complexity index is 636. The van der Waals surface area contributed by atoms with Crippen LogP contribution in [0.4, 0.5) is 11.4 Å². The predicted molar refractivity (Wildman–Crippen MR) is 88.7 cm³/mol. The van der Waals surface area contributed by atoms with Crippen molar-refractivity contribution in [1.82, 2.24) is 0 Å². The van der Waals surface area contributed by atoms with Gasteiger partial charge in [0.1, 0.15) is 5.75 Å². The molecule has 0 atom stereocenters. The van der Waals surface area contributed by atoms with Crippen LogP contribution < -0.4 is 15.8 Å². The lowest BCUT2D eigenvalue weighted by Gasteiger charge is -2.09. The minimum atomic E-state index is -0.196. The molecule has 21 heavy (non-hydrogen) atoms. The third kappa shape index (κ3) is 3.89. The van der Waals surface area contributed by atoms with Gasteiger partial charge in [-0.15, -0.1) is 11.3 Å². The molecule has 1 aromatic carbocycles. The number of amides is 1. The van der Waals surface area contributed by atoms with Crippen molar-refractivity contribution >= 4 is 40.2 Å². The molecule has 0 aliphatic heterocycles. The first kappa shape index (κ1) is 15.7. The summed E-state index contributed by atoms with van der Waals surface area (Å²) in [4.78, 5) is 13.6. The Kier molecular flexibility index (Phi) is 5.09. The number of nitrogens with one attached hydrogen (secondary N) is 1. The molecular weight excluding hydrogens is 308 g/mol. The van der Waals surface area contributed by atoms with Crippen LogP contribution in [0.5, 0.6) is 5.75 Å². The highest BCUT2D eigenvalue weighted by Crippen LogP contribution is 2.29. The number of benzene rings is 1. The van der Waals surface area contributed by atoms with E-state index in [1.165, 1.54) is 11.3 Å². The minimum absolute atomic E-state index is 0.196. The predicted octanol–water partition coefficient (Wildman–Crippen LogP) is 4.33. The van der Waals surface area contributed by atoms with Crippen LogP contribution in [0.3, 0.4) is 0 Å². The Morgan fingerprint density at radius 3 is 2.76 bits per heavy atom. The Morgan fingerprint density at radius 1 is 1.43 bits per heavy atom. The Labute approximate surface area is 132 Å². The van der Waals surface area contributed by atoms with Crippen molar-refractivity contribution in [3.8, 4) is 5.75 Å². The van der Waals surface area contributed by atoms with Crippen LogP contribution >= 0.6 is 22.9 Å². The number of aryl methyl sites for hydroxylation is 1.